The van der Waals surface area contributed by atoms with Gasteiger partial charge in [0.2, 0.25) is 0 Å². The summed E-state index contributed by atoms with van der Waals surface area (Å²) in [7, 11) is 0. The lowest BCUT2D eigenvalue weighted by atomic mass is 10.2. The minimum Gasteiger partial charge on any atom is -0.462 e. The number of anilines is 1. The SMILES string of the molecule is c1cnnc(N2CCC[C@H]2CNCc2csc(-c3ccco3)n2)c1. The average Bonchev–Trinajstić information content (AvgIpc) is 3.37. The Kier molecular flexibility index (Phi) is 4.53. The van der Waals surface area contributed by atoms with Crippen LogP contribution < -0.4 is 10.2 Å². The molecule has 0 spiro atoms. The van der Waals surface area contributed by atoms with E-state index in [1.165, 1.54) is 12.8 Å². The predicted molar refractivity (Wildman–Crippen MR) is 93.9 cm³/mol. The van der Waals surface area contributed by atoms with Crippen molar-refractivity contribution in [3.8, 4) is 10.8 Å². The Labute approximate surface area is 144 Å². The van der Waals surface area contributed by atoms with Crippen LogP contribution in [-0.2, 0) is 6.54 Å². The van der Waals surface area contributed by atoms with Gasteiger partial charge in [0.25, 0.3) is 0 Å². The maximum absolute atomic E-state index is 5.39. The Balaban J connectivity index is 1.32. The predicted octanol–water partition coefficient (Wildman–Crippen LogP) is 2.95. The van der Waals surface area contributed by atoms with Crippen molar-refractivity contribution in [2.45, 2.75) is 25.4 Å². The summed E-state index contributed by atoms with van der Waals surface area (Å²) in [6.07, 6.45) is 5.77. The van der Waals surface area contributed by atoms with Gasteiger partial charge in [-0.05, 0) is 37.1 Å². The summed E-state index contributed by atoms with van der Waals surface area (Å²) in [6, 6.07) is 8.26. The Morgan fingerprint density at radius 1 is 1.33 bits per heavy atom. The molecule has 0 aliphatic carbocycles. The average molecular weight is 341 g/mol. The van der Waals surface area contributed by atoms with Gasteiger partial charge in [-0.1, -0.05) is 0 Å². The molecule has 6 nitrogen and oxygen atoms in total. The van der Waals surface area contributed by atoms with Crippen LogP contribution in [0.15, 0.2) is 46.5 Å². The molecule has 24 heavy (non-hydrogen) atoms. The van der Waals surface area contributed by atoms with Gasteiger partial charge in [-0.25, -0.2) is 4.98 Å². The highest BCUT2D eigenvalue weighted by Crippen LogP contribution is 2.24. The molecule has 7 heteroatoms. The van der Waals surface area contributed by atoms with Crippen LogP contribution in [0.1, 0.15) is 18.5 Å². The molecule has 0 bridgehead atoms. The quantitative estimate of drug-likeness (QED) is 0.743. The lowest BCUT2D eigenvalue weighted by Crippen LogP contribution is -2.38. The Morgan fingerprint density at radius 3 is 3.17 bits per heavy atom. The van der Waals surface area contributed by atoms with Crippen LogP contribution in [-0.4, -0.2) is 34.3 Å². The van der Waals surface area contributed by atoms with Gasteiger partial charge in [-0.2, -0.15) is 5.10 Å². The molecule has 1 aliphatic heterocycles. The van der Waals surface area contributed by atoms with Crippen LogP contribution in [0, 0.1) is 0 Å². The first-order valence-corrected chi connectivity index (χ1v) is 9.01. The van der Waals surface area contributed by atoms with Gasteiger partial charge >= 0.3 is 0 Å². The molecule has 3 aromatic heterocycles. The highest BCUT2D eigenvalue weighted by atomic mass is 32.1. The lowest BCUT2D eigenvalue weighted by Gasteiger charge is -2.25. The maximum Gasteiger partial charge on any atom is 0.162 e. The number of furan rings is 1. The fraction of sp³-hybridized carbons (Fsp3) is 0.353. The van der Waals surface area contributed by atoms with Crippen molar-refractivity contribution < 1.29 is 4.42 Å². The number of nitrogens with one attached hydrogen (secondary N) is 1. The van der Waals surface area contributed by atoms with E-state index < -0.39 is 0 Å². The van der Waals surface area contributed by atoms with E-state index in [2.05, 4.69) is 30.8 Å². The van der Waals surface area contributed by atoms with Crippen LogP contribution in [0.2, 0.25) is 0 Å². The fourth-order valence-electron chi connectivity index (χ4n) is 3.06. The van der Waals surface area contributed by atoms with Gasteiger partial charge in [0.15, 0.2) is 16.6 Å². The molecule has 4 heterocycles. The van der Waals surface area contributed by atoms with Crippen LogP contribution >= 0.6 is 11.3 Å². The molecular weight excluding hydrogens is 322 g/mol. The minimum absolute atomic E-state index is 0.463. The highest BCUT2D eigenvalue weighted by molar-refractivity contribution is 7.13. The van der Waals surface area contributed by atoms with E-state index in [0.717, 1.165) is 41.9 Å². The second kappa shape index (κ2) is 7.11. The molecule has 0 saturated carbocycles. The molecule has 124 valence electrons. The Bertz CT molecular complexity index is 758. The van der Waals surface area contributed by atoms with E-state index in [-0.39, 0.29) is 0 Å². The molecule has 1 N–H and O–H groups in total. The van der Waals surface area contributed by atoms with Crippen molar-refractivity contribution in [3.63, 3.8) is 0 Å². The summed E-state index contributed by atoms with van der Waals surface area (Å²) in [5, 5.41) is 14.8. The molecule has 4 rings (SSSR count). The Morgan fingerprint density at radius 2 is 2.33 bits per heavy atom. The topological polar surface area (TPSA) is 67.1 Å². The third kappa shape index (κ3) is 3.32. The van der Waals surface area contributed by atoms with E-state index in [4.69, 9.17) is 4.42 Å². The van der Waals surface area contributed by atoms with Crippen molar-refractivity contribution in [1.29, 1.82) is 0 Å². The van der Waals surface area contributed by atoms with E-state index in [0.29, 0.717) is 6.04 Å². The number of nitrogens with zero attached hydrogens (tertiary/aromatic N) is 4. The van der Waals surface area contributed by atoms with Crippen molar-refractivity contribution in [3.05, 3.63) is 47.8 Å². The number of hydrogen-bond acceptors (Lipinski definition) is 7. The van der Waals surface area contributed by atoms with Crippen molar-refractivity contribution in [2.75, 3.05) is 18.0 Å². The summed E-state index contributed by atoms with van der Waals surface area (Å²) in [4.78, 5) is 6.96. The standard InChI is InChI=1S/C17H19N5OS/c1-6-16(21-19-7-1)22-8-2-4-14(22)11-18-10-13-12-24-17(20-13)15-5-3-9-23-15/h1,3,5-7,9,12,14,18H,2,4,8,10-11H2/t14-/m0/s1. The van der Waals surface area contributed by atoms with Gasteiger partial charge in [-0.15, -0.1) is 16.4 Å². The third-order valence-corrected chi connectivity index (χ3v) is 5.11. The van der Waals surface area contributed by atoms with Crippen LogP contribution in [0.25, 0.3) is 10.8 Å². The normalized spacial score (nSPS) is 17.5. The number of rotatable bonds is 6. The van der Waals surface area contributed by atoms with Gasteiger partial charge in [0.05, 0.1) is 12.0 Å². The zero-order valence-electron chi connectivity index (χ0n) is 13.3. The van der Waals surface area contributed by atoms with E-state index in [9.17, 15) is 0 Å². The zero-order chi connectivity index (χ0) is 16.2. The van der Waals surface area contributed by atoms with Gasteiger partial charge < -0.3 is 14.6 Å². The largest absolute Gasteiger partial charge is 0.462 e. The summed E-state index contributed by atoms with van der Waals surface area (Å²) in [5.74, 6) is 1.80. The highest BCUT2D eigenvalue weighted by Gasteiger charge is 2.25. The van der Waals surface area contributed by atoms with E-state index in [1.54, 1.807) is 23.8 Å². The smallest absolute Gasteiger partial charge is 0.162 e. The second-order valence-corrected chi connectivity index (χ2v) is 6.68. The molecular formula is C17H19N5OS. The van der Waals surface area contributed by atoms with Crippen molar-refractivity contribution in [1.82, 2.24) is 20.5 Å². The Hall–Kier alpha value is -2.25. The summed E-state index contributed by atoms with van der Waals surface area (Å²) < 4.78 is 5.39. The van der Waals surface area contributed by atoms with Gasteiger partial charge in [0, 0.05) is 37.3 Å². The second-order valence-electron chi connectivity index (χ2n) is 5.82. The van der Waals surface area contributed by atoms with Crippen molar-refractivity contribution >= 4 is 17.2 Å². The summed E-state index contributed by atoms with van der Waals surface area (Å²) in [6.45, 7) is 2.73. The first-order valence-electron chi connectivity index (χ1n) is 8.13. The summed E-state index contributed by atoms with van der Waals surface area (Å²) >= 11 is 1.61. The van der Waals surface area contributed by atoms with Crippen molar-refractivity contribution in [2.24, 2.45) is 0 Å². The minimum atomic E-state index is 0.463. The molecule has 0 aromatic carbocycles. The number of aromatic nitrogens is 3. The third-order valence-electron chi connectivity index (χ3n) is 4.20. The first kappa shape index (κ1) is 15.3. The molecule has 0 amide bonds. The van der Waals surface area contributed by atoms with E-state index >= 15 is 0 Å². The number of thiazole rings is 1. The van der Waals surface area contributed by atoms with Crippen LogP contribution in [0.4, 0.5) is 5.82 Å². The molecule has 0 radical (unpaired) electrons. The van der Waals surface area contributed by atoms with Crippen LogP contribution in [0.3, 0.4) is 0 Å². The zero-order valence-corrected chi connectivity index (χ0v) is 14.1. The summed E-state index contributed by atoms with van der Waals surface area (Å²) in [5.41, 5.74) is 1.05. The molecule has 1 aliphatic rings. The number of hydrogen-bond donors (Lipinski definition) is 1. The molecule has 0 unspecified atom stereocenters. The maximum atomic E-state index is 5.39. The van der Waals surface area contributed by atoms with E-state index in [1.807, 2.05) is 24.3 Å². The molecule has 3 aromatic rings. The first-order chi connectivity index (χ1) is 11.9. The monoisotopic (exact) mass is 341 g/mol. The van der Waals surface area contributed by atoms with Gasteiger partial charge in [-0.3, -0.25) is 0 Å². The molecule has 1 saturated heterocycles. The lowest BCUT2D eigenvalue weighted by molar-refractivity contribution is 0.565. The molecule has 1 fully saturated rings. The fourth-order valence-corrected chi connectivity index (χ4v) is 3.85. The molecule has 1 atom stereocenters. The van der Waals surface area contributed by atoms with Crippen LogP contribution in [0.5, 0.6) is 0 Å². The van der Waals surface area contributed by atoms with Gasteiger partial charge in [0.1, 0.15) is 0 Å².